The predicted molar refractivity (Wildman–Crippen MR) is 74.5 cm³/mol. The van der Waals surface area contributed by atoms with E-state index in [-0.39, 0.29) is 22.3 Å². The summed E-state index contributed by atoms with van der Waals surface area (Å²) in [6.45, 7) is 0. The third-order valence-corrected chi connectivity index (χ3v) is 3.25. The van der Waals surface area contributed by atoms with Gasteiger partial charge >= 0.3 is 0 Å². The van der Waals surface area contributed by atoms with Gasteiger partial charge in [0.1, 0.15) is 5.58 Å². The monoisotopic (exact) mass is 308 g/mol. The predicted octanol–water partition coefficient (Wildman–Crippen LogP) is 4.10. The van der Waals surface area contributed by atoms with Crippen molar-refractivity contribution in [2.75, 3.05) is 0 Å². The smallest absolute Gasteiger partial charge is 0.235 e. The summed E-state index contributed by atoms with van der Waals surface area (Å²) in [5.41, 5.74) is -0.483. The highest BCUT2D eigenvalue weighted by Gasteiger charge is 2.16. The zero-order valence-electron chi connectivity index (χ0n) is 10.4. The quantitative estimate of drug-likeness (QED) is 0.736. The molecule has 3 nitrogen and oxygen atoms in total. The summed E-state index contributed by atoms with van der Waals surface area (Å²) >= 11 is 5.82. The van der Waals surface area contributed by atoms with E-state index in [1.807, 2.05) is 0 Å². The highest BCUT2D eigenvalue weighted by Crippen LogP contribution is 2.31. The number of halogens is 3. The zero-order valence-corrected chi connectivity index (χ0v) is 11.1. The molecule has 0 bridgehead atoms. The minimum atomic E-state index is -1.11. The molecular formula is C15H7ClF2O3. The molecule has 0 saturated heterocycles. The van der Waals surface area contributed by atoms with Gasteiger partial charge in [-0.25, -0.2) is 8.78 Å². The molecule has 0 aliphatic carbocycles. The molecule has 1 heterocycles. The molecule has 6 heteroatoms. The van der Waals surface area contributed by atoms with Crippen LogP contribution in [0.5, 0.6) is 5.75 Å². The van der Waals surface area contributed by atoms with Crippen molar-refractivity contribution in [2.45, 2.75) is 0 Å². The average Bonchev–Trinajstić information content (AvgIpc) is 2.45. The van der Waals surface area contributed by atoms with Crippen LogP contribution in [0.15, 0.2) is 45.6 Å². The lowest BCUT2D eigenvalue weighted by Gasteiger charge is -2.06. The molecule has 3 rings (SSSR count). The molecule has 0 fully saturated rings. The van der Waals surface area contributed by atoms with E-state index in [2.05, 4.69) is 0 Å². The zero-order chi connectivity index (χ0) is 15.1. The molecule has 0 amide bonds. The Bertz CT molecular complexity index is 919. The number of fused-ring (bicyclic) bond motifs is 1. The summed E-state index contributed by atoms with van der Waals surface area (Å²) in [5.74, 6) is -3.06. The maximum absolute atomic E-state index is 13.3. The van der Waals surface area contributed by atoms with Gasteiger partial charge < -0.3 is 9.52 Å². The van der Waals surface area contributed by atoms with E-state index in [4.69, 9.17) is 16.0 Å². The molecular weight excluding hydrogens is 302 g/mol. The van der Waals surface area contributed by atoms with Crippen molar-refractivity contribution in [1.29, 1.82) is 0 Å². The number of benzene rings is 2. The first-order valence-corrected chi connectivity index (χ1v) is 6.26. The van der Waals surface area contributed by atoms with Gasteiger partial charge in [0.05, 0.1) is 5.39 Å². The molecule has 21 heavy (non-hydrogen) atoms. The lowest BCUT2D eigenvalue weighted by Crippen LogP contribution is -2.02. The molecule has 0 radical (unpaired) electrons. The third-order valence-electron chi connectivity index (χ3n) is 3.01. The summed E-state index contributed by atoms with van der Waals surface area (Å²) in [4.78, 5) is 12.1. The molecule has 106 valence electrons. The molecule has 0 aliphatic rings. The molecule has 1 aromatic heterocycles. The molecule has 0 aliphatic heterocycles. The number of aromatic hydroxyl groups is 1. The van der Waals surface area contributed by atoms with Gasteiger partial charge in [-0.05, 0) is 30.3 Å². The molecule has 0 saturated carbocycles. The maximum Gasteiger partial charge on any atom is 0.235 e. The summed E-state index contributed by atoms with van der Waals surface area (Å²) < 4.78 is 31.6. The standard InChI is InChI=1S/C15H7ClF2O3/c16-8-2-3-9-12(6-8)21-15(14(20)13(9)19)7-1-4-10(17)11(18)5-7/h1-6,20H. The van der Waals surface area contributed by atoms with Crippen LogP contribution in [0, 0.1) is 11.6 Å². The van der Waals surface area contributed by atoms with Crippen LogP contribution in [0.3, 0.4) is 0 Å². The molecule has 0 unspecified atom stereocenters. The minimum Gasteiger partial charge on any atom is -0.502 e. The van der Waals surface area contributed by atoms with Crippen LogP contribution >= 0.6 is 11.6 Å². The Morgan fingerprint density at radius 3 is 2.52 bits per heavy atom. The first-order chi connectivity index (χ1) is 9.97. The summed E-state index contributed by atoms with van der Waals surface area (Å²) in [6, 6.07) is 7.22. The van der Waals surface area contributed by atoms with Gasteiger partial charge in [0.25, 0.3) is 0 Å². The van der Waals surface area contributed by atoms with Gasteiger partial charge in [0.2, 0.25) is 11.2 Å². The molecule has 3 aromatic rings. The van der Waals surface area contributed by atoms with E-state index in [0.29, 0.717) is 5.02 Å². The van der Waals surface area contributed by atoms with Gasteiger partial charge in [-0.1, -0.05) is 11.6 Å². The van der Waals surface area contributed by atoms with Crippen LogP contribution in [-0.4, -0.2) is 5.11 Å². The minimum absolute atomic E-state index is 0.0466. The average molecular weight is 309 g/mol. The van der Waals surface area contributed by atoms with Crippen LogP contribution in [0.1, 0.15) is 0 Å². The fourth-order valence-electron chi connectivity index (χ4n) is 1.99. The van der Waals surface area contributed by atoms with E-state index in [1.165, 1.54) is 24.3 Å². The largest absolute Gasteiger partial charge is 0.502 e. The van der Waals surface area contributed by atoms with Crippen LogP contribution in [-0.2, 0) is 0 Å². The highest BCUT2D eigenvalue weighted by atomic mass is 35.5. The fourth-order valence-corrected chi connectivity index (χ4v) is 2.15. The van der Waals surface area contributed by atoms with Crippen LogP contribution < -0.4 is 5.43 Å². The Balaban J connectivity index is 2.34. The van der Waals surface area contributed by atoms with E-state index >= 15 is 0 Å². The Hall–Kier alpha value is -2.40. The molecule has 2 aromatic carbocycles. The van der Waals surface area contributed by atoms with Gasteiger partial charge in [0, 0.05) is 16.7 Å². The second kappa shape index (κ2) is 4.86. The molecule has 0 spiro atoms. The van der Waals surface area contributed by atoms with Crippen molar-refractivity contribution in [3.05, 3.63) is 63.3 Å². The summed E-state index contributed by atoms with van der Waals surface area (Å²) in [7, 11) is 0. The second-order valence-corrected chi connectivity index (χ2v) is 4.81. The maximum atomic E-state index is 13.3. The van der Waals surface area contributed by atoms with Crippen molar-refractivity contribution in [3.8, 4) is 17.1 Å². The van der Waals surface area contributed by atoms with Gasteiger partial charge in [0.15, 0.2) is 17.4 Å². The van der Waals surface area contributed by atoms with E-state index in [0.717, 1.165) is 12.1 Å². The Kier molecular flexibility index (Phi) is 3.14. The van der Waals surface area contributed by atoms with Crippen LogP contribution in [0.2, 0.25) is 5.02 Å². The van der Waals surface area contributed by atoms with Gasteiger partial charge in [-0.2, -0.15) is 0 Å². The summed E-state index contributed by atoms with van der Waals surface area (Å²) in [5, 5.41) is 10.4. The van der Waals surface area contributed by atoms with E-state index in [1.54, 1.807) is 0 Å². The fraction of sp³-hybridized carbons (Fsp3) is 0. The first kappa shape index (κ1) is 13.6. The van der Waals surface area contributed by atoms with Crippen LogP contribution in [0.25, 0.3) is 22.3 Å². The van der Waals surface area contributed by atoms with Gasteiger partial charge in [-0.15, -0.1) is 0 Å². The lowest BCUT2D eigenvalue weighted by molar-refractivity contribution is 0.448. The molecule has 1 N–H and O–H groups in total. The van der Waals surface area contributed by atoms with Gasteiger partial charge in [-0.3, -0.25) is 4.79 Å². The summed E-state index contributed by atoms with van der Waals surface area (Å²) in [6.07, 6.45) is 0. The number of hydrogen-bond donors (Lipinski definition) is 1. The lowest BCUT2D eigenvalue weighted by atomic mass is 10.1. The third kappa shape index (κ3) is 2.25. The SMILES string of the molecule is O=c1c(O)c(-c2ccc(F)c(F)c2)oc2cc(Cl)ccc12. The topological polar surface area (TPSA) is 50.4 Å². The van der Waals surface area contributed by atoms with Crippen molar-refractivity contribution >= 4 is 22.6 Å². The Morgan fingerprint density at radius 1 is 1.05 bits per heavy atom. The Morgan fingerprint density at radius 2 is 1.81 bits per heavy atom. The van der Waals surface area contributed by atoms with Crippen molar-refractivity contribution in [2.24, 2.45) is 0 Å². The Labute approximate surface area is 122 Å². The normalized spacial score (nSPS) is 11.0. The van der Waals surface area contributed by atoms with Crippen molar-refractivity contribution in [3.63, 3.8) is 0 Å². The highest BCUT2D eigenvalue weighted by molar-refractivity contribution is 6.31. The van der Waals surface area contributed by atoms with Crippen molar-refractivity contribution in [1.82, 2.24) is 0 Å². The van der Waals surface area contributed by atoms with Crippen molar-refractivity contribution < 1.29 is 18.3 Å². The second-order valence-electron chi connectivity index (χ2n) is 4.38. The van der Waals surface area contributed by atoms with E-state index in [9.17, 15) is 18.7 Å². The number of rotatable bonds is 1. The molecule has 0 atom stereocenters. The van der Waals surface area contributed by atoms with Crippen LogP contribution in [0.4, 0.5) is 8.78 Å². The number of hydrogen-bond acceptors (Lipinski definition) is 3. The van der Waals surface area contributed by atoms with E-state index < -0.39 is 22.8 Å². The first-order valence-electron chi connectivity index (χ1n) is 5.88.